The Labute approximate surface area is 159 Å². The molecule has 2 amide bonds. The number of amides is 2. The lowest BCUT2D eigenvalue weighted by Gasteiger charge is -2.27. The third kappa shape index (κ3) is 4.86. The van der Waals surface area contributed by atoms with Gasteiger partial charge in [-0.05, 0) is 43.9 Å². The second kappa shape index (κ2) is 7.96. The molecule has 3 rings (SSSR count). The van der Waals surface area contributed by atoms with Gasteiger partial charge in [0.05, 0.1) is 23.3 Å². The predicted molar refractivity (Wildman–Crippen MR) is 99.2 cm³/mol. The van der Waals surface area contributed by atoms with E-state index in [1.165, 1.54) is 12.1 Å². The van der Waals surface area contributed by atoms with E-state index in [1.54, 1.807) is 17.0 Å². The first kappa shape index (κ1) is 19.8. The van der Waals surface area contributed by atoms with Crippen LogP contribution in [-0.2, 0) is 25.8 Å². The summed E-state index contributed by atoms with van der Waals surface area (Å²) < 4.78 is 36.2. The number of nitrogens with zero attached hydrogens (tertiary/aromatic N) is 1. The predicted octanol–water partition coefficient (Wildman–Crippen LogP) is 1.16. The zero-order valence-electron chi connectivity index (χ0n) is 15.4. The smallest absolute Gasteiger partial charge is 0.226 e. The summed E-state index contributed by atoms with van der Waals surface area (Å²) in [5.41, 5.74) is 0.930. The fourth-order valence-corrected chi connectivity index (χ4v) is 5.43. The minimum atomic E-state index is -3.06. The first-order chi connectivity index (χ1) is 12.8. The van der Waals surface area contributed by atoms with Crippen molar-refractivity contribution in [3.05, 3.63) is 35.6 Å². The van der Waals surface area contributed by atoms with E-state index in [1.807, 2.05) is 6.92 Å². The fraction of sp³-hybridized carbons (Fsp3) is 0.579. The number of halogens is 1. The standard InChI is InChI=1S/C19H25FN2O4S/c1-2-22(15-8-10-27(25,26)12-15)19(24)17-11-16(17)18(23)21-9-7-13-3-5-14(20)6-4-13/h3-6,15-17H,2,7-12H2,1H3,(H,21,23). The normalized spacial score (nSPS) is 25.8. The van der Waals surface area contributed by atoms with Gasteiger partial charge in [0.2, 0.25) is 11.8 Å². The molecule has 6 nitrogen and oxygen atoms in total. The van der Waals surface area contributed by atoms with Gasteiger partial charge in [-0.25, -0.2) is 12.8 Å². The Balaban J connectivity index is 1.46. The molecular formula is C19H25FN2O4S. The van der Waals surface area contributed by atoms with E-state index in [2.05, 4.69) is 5.32 Å². The molecule has 3 atom stereocenters. The number of rotatable bonds is 7. The first-order valence-corrected chi connectivity index (χ1v) is 11.2. The molecule has 2 fully saturated rings. The lowest BCUT2D eigenvalue weighted by molar-refractivity contribution is -0.136. The summed E-state index contributed by atoms with van der Waals surface area (Å²) >= 11 is 0. The summed E-state index contributed by atoms with van der Waals surface area (Å²) in [6.45, 7) is 2.72. The number of nitrogens with one attached hydrogen (secondary N) is 1. The third-order valence-corrected chi connectivity index (χ3v) is 7.09. The molecule has 148 valence electrons. The molecule has 8 heteroatoms. The van der Waals surface area contributed by atoms with Gasteiger partial charge in [-0.3, -0.25) is 9.59 Å². The Hall–Kier alpha value is -1.96. The Kier molecular flexibility index (Phi) is 5.83. The van der Waals surface area contributed by atoms with Crippen LogP contribution in [-0.4, -0.2) is 55.8 Å². The molecule has 1 N–H and O–H groups in total. The maximum atomic E-state index is 12.9. The van der Waals surface area contributed by atoms with Crippen molar-refractivity contribution < 1.29 is 22.4 Å². The van der Waals surface area contributed by atoms with Crippen LogP contribution in [0.1, 0.15) is 25.3 Å². The second-order valence-corrected chi connectivity index (χ2v) is 9.53. The Morgan fingerprint density at radius 3 is 2.52 bits per heavy atom. The van der Waals surface area contributed by atoms with E-state index in [0.717, 1.165) is 5.56 Å². The molecule has 2 aliphatic rings. The van der Waals surface area contributed by atoms with Crippen LogP contribution in [0.25, 0.3) is 0 Å². The van der Waals surface area contributed by atoms with E-state index < -0.39 is 9.84 Å². The summed E-state index contributed by atoms with van der Waals surface area (Å²) in [6.07, 6.45) is 1.58. The van der Waals surface area contributed by atoms with E-state index in [-0.39, 0.29) is 47.0 Å². The zero-order chi connectivity index (χ0) is 19.6. The van der Waals surface area contributed by atoms with E-state index in [9.17, 15) is 22.4 Å². The zero-order valence-corrected chi connectivity index (χ0v) is 16.2. The highest BCUT2D eigenvalue weighted by Gasteiger charge is 2.50. The van der Waals surface area contributed by atoms with Crippen molar-refractivity contribution in [2.45, 2.75) is 32.2 Å². The van der Waals surface area contributed by atoms with Crippen molar-refractivity contribution in [3.63, 3.8) is 0 Å². The van der Waals surface area contributed by atoms with Crippen LogP contribution in [0.2, 0.25) is 0 Å². The van der Waals surface area contributed by atoms with Crippen molar-refractivity contribution in [2.24, 2.45) is 11.8 Å². The molecule has 0 radical (unpaired) electrons. The van der Waals surface area contributed by atoms with Gasteiger partial charge in [-0.15, -0.1) is 0 Å². The Bertz CT molecular complexity index is 810. The molecule has 0 aromatic heterocycles. The van der Waals surface area contributed by atoms with Crippen molar-refractivity contribution in [3.8, 4) is 0 Å². The topological polar surface area (TPSA) is 83.6 Å². The maximum absolute atomic E-state index is 12.9. The monoisotopic (exact) mass is 396 g/mol. The average molecular weight is 396 g/mol. The summed E-state index contributed by atoms with van der Waals surface area (Å²) in [4.78, 5) is 26.6. The van der Waals surface area contributed by atoms with Gasteiger partial charge in [-0.1, -0.05) is 12.1 Å². The number of hydrogen-bond acceptors (Lipinski definition) is 4. The number of hydrogen-bond donors (Lipinski definition) is 1. The second-order valence-electron chi connectivity index (χ2n) is 7.30. The minimum absolute atomic E-state index is 0.0217. The van der Waals surface area contributed by atoms with Crippen LogP contribution in [0, 0.1) is 17.7 Å². The molecule has 1 saturated heterocycles. The fourth-order valence-electron chi connectivity index (χ4n) is 3.70. The number of carbonyl (C=O) groups excluding carboxylic acids is 2. The molecule has 27 heavy (non-hydrogen) atoms. The van der Waals surface area contributed by atoms with Crippen LogP contribution >= 0.6 is 0 Å². The van der Waals surface area contributed by atoms with Crippen LogP contribution < -0.4 is 5.32 Å². The van der Waals surface area contributed by atoms with Gasteiger partial charge < -0.3 is 10.2 Å². The SMILES string of the molecule is CCN(C(=O)C1CC1C(=O)NCCc1ccc(F)cc1)C1CCS(=O)(=O)C1. The molecule has 0 bridgehead atoms. The van der Waals surface area contributed by atoms with Gasteiger partial charge in [0, 0.05) is 19.1 Å². The molecule has 1 aliphatic heterocycles. The van der Waals surface area contributed by atoms with E-state index in [0.29, 0.717) is 32.4 Å². The van der Waals surface area contributed by atoms with Crippen molar-refractivity contribution >= 4 is 21.7 Å². The van der Waals surface area contributed by atoms with Crippen molar-refractivity contribution in [1.82, 2.24) is 10.2 Å². The molecule has 1 heterocycles. The molecular weight excluding hydrogens is 371 g/mol. The minimum Gasteiger partial charge on any atom is -0.356 e. The van der Waals surface area contributed by atoms with Gasteiger partial charge >= 0.3 is 0 Å². The first-order valence-electron chi connectivity index (χ1n) is 9.34. The molecule has 3 unspecified atom stereocenters. The van der Waals surface area contributed by atoms with E-state index in [4.69, 9.17) is 0 Å². The largest absolute Gasteiger partial charge is 0.356 e. The maximum Gasteiger partial charge on any atom is 0.226 e. The van der Waals surface area contributed by atoms with Crippen molar-refractivity contribution in [1.29, 1.82) is 0 Å². The van der Waals surface area contributed by atoms with Gasteiger partial charge in [-0.2, -0.15) is 0 Å². The molecule has 1 saturated carbocycles. The number of carbonyl (C=O) groups is 2. The molecule has 1 aromatic carbocycles. The number of benzene rings is 1. The molecule has 1 aromatic rings. The van der Waals surface area contributed by atoms with Crippen molar-refractivity contribution in [2.75, 3.05) is 24.6 Å². The molecule has 0 spiro atoms. The van der Waals surface area contributed by atoms with E-state index >= 15 is 0 Å². The highest BCUT2D eigenvalue weighted by Crippen LogP contribution is 2.41. The third-order valence-electron chi connectivity index (χ3n) is 5.34. The average Bonchev–Trinajstić information content (AvgIpc) is 3.35. The summed E-state index contributed by atoms with van der Waals surface area (Å²) in [7, 11) is -3.06. The quantitative estimate of drug-likeness (QED) is 0.750. The number of sulfone groups is 1. The Morgan fingerprint density at radius 1 is 1.22 bits per heavy atom. The summed E-state index contributed by atoms with van der Waals surface area (Å²) in [6, 6.07) is 5.86. The highest BCUT2D eigenvalue weighted by molar-refractivity contribution is 7.91. The van der Waals surface area contributed by atoms with Crippen LogP contribution in [0.15, 0.2) is 24.3 Å². The molecule has 1 aliphatic carbocycles. The summed E-state index contributed by atoms with van der Waals surface area (Å²) in [5.74, 6) is -1.09. The van der Waals surface area contributed by atoms with Gasteiger partial charge in [0.1, 0.15) is 5.82 Å². The Morgan fingerprint density at radius 2 is 1.93 bits per heavy atom. The summed E-state index contributed by atoms with van der Waals surface area (Å²) in [5, 5.41) is 2.83. The van der Waals surface area contributed by atoms with Gasteiger partial charge in [0.25, 0.3) is 0 Å². The highest BCUT2D eigenvalue weighted by atomic mass is 32.2. The lowest BCUT2D eigenvalue weighted by Crippen LogP contribution is -2.42. The lowest BCUT2D eigenvalue weighted by atomic mass is 10.1. The van der Waals surface area contributed by atoms with Crippen LogP contribution in [0.5, 0.6) is 0 Å². The van der Waals surface area contributed by atoms with Crippen LogP contribution in [0.3, 0.4) is 0 Å². The van der Waals surface area contributed by atoms with Crippen LogP contribution in [0.4, 0.5) is 4.39 Å². The van der Waals surface area contributed by atoms with Gasteiger partial charge in [0.15, 0.2) is 9.84 Å².